The topological polar surface area (TPSA) is 441 Å². The van der Waals surface area contributed by atoms with Crippen LogP contribution in [0.5, 0.6) is 0 Å². The Morgan fingerprint density at radius 3 is 0.581 bits per heavy atom. The zero-order chi connectivity index (χ0) is 71.4. The van der Waals surface area contributed by atoms with E-state index in [1.807, 2.05) is 19.6 Å². The van der Waals surface area contributed by atoms with Crippen LogP contribution in [0.15, 0.2) is 0 Å². The first kappa shape index (κ1) is 95.0. The minimum absolute atomic E-state index is 0.427. The zero-order valence-corrected chi connectivity index (χ0v) is 76.3. The van der Waals surface area contributed by atoms with Crippen molar-refractivity contribution in [3.05, 3.63) is 0 Å². The third kappa shape index (κ3) is 41.2. The summed E-state index contributed by atoms with van der Waals surface area (Å²) in [5, 5.41) is 0. The van der Waals surface area contributed by atoms with Gasteiger partial charge in [0.1, 0.15) is 0 Å². The van der Waals surface area contributed by atoms with Gasteiger partial charge in [-0.25, -0.2) is 0 Å². The second kappa shape index (κ2) is 46.0. The molecule has 0 aromatic rings. The quantitative estimate of drug-likeness (QED) is 0.0166. The number of rotatable bonds is 63. The smallest absolute Gasteiger partial charge is 0.362 e. The van der Waals surface area contributed by atoms with Gasteiger partial charge in [0.2, 0.25) is 0 Å². The Morgan fingerprint density at radius 1 is 0.215 bits per heavy atom. The van der Waals surface area contributed by atoms with Gasteiger partial charge in [-0.2, -0.15) is 0 Å². The van der Waals surface area contributed by atoms with Gasteiger partial charge in [0.15, 0.2) is 17.4 Å². The van der Waals surface area contributed by atoms with Crippen LogP contribution in [0.25, 0.3) is 0 Å². The summed E-state index contributed by atoms with van der Waals surface area (Å²) in [6.45, 7) is 41.8. The van der Waals surface area contributed by atoms with E-state index in [0.717, 1.165) is 31.4 Å². The van der Waals surface area contributed by atoms with Crippen molar-refractivity contribution in [1.29, 1.82) is 0 Å². The molecule has 0 saturated heterocycles. The predicted molar refractivity (Wildman–Crippen MR) is 419 cm³/mol. The van der Waals surface area contributed by atoms with Crippen molar-refractivity contribution in [2.45, 2.75) is 261 Å². The maximum absolute atomic E-state index is 7.83. The summed E-state index contributed by atoms with van der Waals surface area (Å²) in [6.07, 6.45) is 8.37. The van der Waals surface area contributed by atoms with Gasteiger partial charge in [0.25, 0.3) is 0 Å². The normalized spacial score (nSPS) is 20.4. The summed E-state index contributed by atoms with van der Waals surface area (Å²) in [7, 11) is -42.1. The van der Waals surface area contributed by atoms with Crippen molar-refractivity contribution in [3.8, 4) is 0 Å². The molecule has 0 bridgehead atoms. The lowest BCUT2D eigenvalue weighted by atomic mass is 10.5. The fourth-order valence-corrected chi connectivity index (χ4v) is 84.8. The Morgan fingerprint density at radius 2 is 0.387 bits per heavy atom. The standard InChI is InChI=1S/C53H148N12O14Si14/c1-80(42-18-30-54)68-84(8,44-20-32-56)71-86(10,46-22-34-58)73-88(12,48-24-36-60)75-90(14,50-26-38-62)77-92(16,52-28-40-64)79-93(17,53-29-41-65)78-91(15,51-27-39-63)76-89(13,49-25-37-61)74-87(11,47-23-35-59)72-85(9,45-21-33-57)70-83(7,43-19-31-55)67-66-82(5,6)69-81(2,3)4/h80H,18-65H2,1-17H3. The van der Waals surface area contributed by atoms with E-state index in [0.29, 0.717) is 197 Å². The fraction of sp³-hybridized carbons (Fsp3) is 1.00. The summed E-state index contributed by atoms with van der Waals surface area (Å²) in [4.78, 5) is 0. The zero-order valence-electron chi connectivity index (χ0n) is 62.2. The Kier molecular flexibility index (Phi) is 46.9. The molecule has 0 fully saturated rings. The van der Waals surface area contributed by atoms with Crippen LogP contribution in [-0.2, 0) is 58.5 Å². The molecule has 0 aromatic heterocycles. The molecule has 0 radical (unpaired) electrons. The van der Waals surface area contributed by atoms with Crippen molar-refractivity contribution < 1.29 is 58.5 Å². The van der Waals surface area contributed by atoms with Crippen molar-refractivity contribution in [2.75, 3.05) is 78.5 Å². The molecule has 0 amide bonds. The maximum atomic E-state index is 7.83. The first-order valence-corrected chi connectivity index (χ1v) is 71.7. The minimum Gasteiger partial charge on any atom is -0.439 e. The minimum atomic E-state index is -3.39. The van der Waals surface area contributed by atoms with E-state index < -0.39 is 120 Å². The van der Waals surface area contributed by atoms with Crippen LogP contribution in [0.2, 0.25) is 184 Å². The highest BCUT2D eigenvalue weighted by Gasteiger charge is 2.58. The monoisotopic (exact) mass is 1570 g/mol. The van der Waals surface area contributed by atoms with Crippen molar-refractivity contribution >= 4 is 120 Å². The molecule has 0 spiro atoms. The van der Waals surface area contributed by atoms with E-state index in [4.69, 9.17) is 127 Å². The van der Waals surface area contributed by atoms with Crippen LogP contribution < -0.4 is 68.8 Å². The predicted octanol–water partition coefficient (Wildman–Crippen LogP) is 7.00. The van der Waals surface area contributed by atoms with Gasteiger partial charge in [0, 0.05) is 0 Å². The van der Waals surface area contributed by atoms with Gasteiger partial charge in [-0.15, -0.1) is 0 Å². The van der Waals surface area contributed by atoms with E-state index >= 15 is 0 Å². The van der Waals surface area contributed by atoms with Crippen LogP contribution in [-0.4, -0.2) is 199 Å². The average Bonchev–Trinajstić information content (AvgIpc) is 0.787. The highest BCUT2D eigenvalue weighted by atomic mass is 28.5. The first-order chi connectivity index (χ1) is 43.1. The van der Waals surface area contributed by atoms with E-state index in [-0.39, 0.29) is 0 Å². The molecule has 0 aliphatic rings. The third-order valence-electron chi connectivity index (χ3n) is 15.7. The molecule has 0 aromatic carbocycles. The molecule has 24 N–H and O–H groups in total. The molecule has 12 atom stereocenters. The summed E-state index contributed by atoms with van der Waals surface area (Å²) in [5.41, 5.74) is 75.7. The molecule has 12 unspecified atom stereocenters. The molecule has 0 saturated carbocycles. The summed E-state index contributed by atoms with van der Waals surface area (Å²) >= 11 is 0. The highest BCUT2D eigenvalue weighted by molar-refractivity contribution is 6.95. The molecule has 40 heteroatoms. The molecule has 0 aliphatic carbocycles. The molecule has 93 heavy (non-hydrogen) atoms. The van der Waals surface area contributed by atoms with E-state index in [1.165, 1.54) is 0 Å². The summed E-state index contributed by atoms with van der Waals surface area (Å²) in [6, 6.07) is 7.67. The van der Waals surface area contributed by atoms with Crippen molar-refractivity contribution in [3.63, 3.8) is 0 Å². The second-order valence-electron chi connectivity index (χ2n) is 28.9. The van der Waals surface area contributed by atoms with Gasteiger partial charge in [-0.05, 0) is 339 Å². The molecule has 26 nitrogen and oxygen atoms in total. The molecule has 0 rings (SSSR count). The first-order valence-electron chi connectivity index (χ1n) is 35.3. The molecular formula is C53H148N12O14Si14. The number of hydrogen-bond donors (Lipinski definition) is 12. The Balaban J connectivity index is 8.18. The van der Waals surface area contributed by atoms with Gasteiger partial charge in [-0.3, -0.25) is 9.15 Å². The number of hydrogen-bond acceptors (Lipinski definition) is 26. The highest BCUT2D eigenvalue weighted by Crippen LogP contribution is 2.41. The average molecular weight is 1570 g/mol. The molecule has 0 heterocycles. The van der Waals surface area contributed by atoms with Crippen LogP contribution in [0.3, 0.4) is 0 Å². The van der Waals surface area contributed by atoms with Crippen LogP contribution in [0, 0.1) is 0 Å². The van der Waals surface area contributed by atoms with Crippen molar-refractivity contribution in [2.24, 2.45) is 68.8 Å². The van der Waals surface area contributed by atoms with Crippen LogP contribution in [0.1, 0.15) is 77.0 Å². The lowest BCUT2D eigenvalue weighted by molar-refractivity contribution is -0.153. The Bertz CT molecular complexity index is 1980. The molecule has 560 valence electrons. The summed E-state index contributed by atoms with van der Waals surface area (Å²) < 4.78 is 103. The largest absolute Gasteiger partial charge is 0.439 e. The summed E-state index contributed by atoms with van der Waals surface area (Å²) in [5.74, 6) is 0. The van der Waals surface area contributed by atoms with E-state index in [2.05, 4.69) is 91.7 Å². The van der Waals surface area contributed by atoms with E-state index in [9.17, 15) is 0 Å². The van der Waals surface area contributed by atoms with Gasteiger partial charge >= 0.3 is 103 Å². The van der Waals surface area contributed by atoms with Crippen LogP contribution >= 0.6 is 0 Å². The Labute approximate surface area is 582 Å². The number of nitrogens with two attached hydrogens (primary N) is 12. The lowest BCUT2D eigenvalue weighted by Crippen LogP contribution is -2.66. The second-order valence-corrected chi connectivity index (χ2v) is 78.9. The third-order valence-corrected chi connectivity index (χ3v) is 74.5. The van der Waals surface area contributed by atoms with Gasteiger partial charge < -0.3 is 118 Å². The molecule has 0 aliphatic heterocycles. The van der Waals surface area contributed by atoms with Gasteiger partial charge in [0.05, 0.1) is 0 Å². The van der Waals surface area contributed by atoms with Crippen molar-refractivity contribution in [1.82, 2.24) is 0 Å². The fourth-order valence-electron chi connectivity index (χ4n) is 12.4. The lowest BCUT2D eigenvalue weighted by Gasteiger charge is -2.49. The van der Waals surface area contributed by atoms with Crippen LogP contribution in [0.4, 0.5) is 0 Å². The SMILES string of the molecule is C[SiH](CCCN)O[Si](C)(CCCN)O[Si](C)(CCCN)O[Si](C)(CCCN)O[Si](C)(CCCN)O[Si](C)(CCCN)O[Si](C)(CCCN)O[Si](C)(CCCN)O[Si](C)(CCCN)O[Si](C)(CCCN)O[Si](C)(CCCN)O[Si](C)(CCCN)OO[Si](C)(C)O[Si](C)(C)C. The maximum Gasteiger partial charge on any atom is 0.362 e. The Hall–Kier alpha value is 2.00. The van der Waals surface area contributed by atoms with E-state index in [1.54, 1.807) is 0 Å². The van der Waals surface area contributed by atoms with Gasteiger partial charge in [-0.1, -0.05) is 0 Å². The molecular weight excluding hydrogens is 1420 g/mol.